The van der Waals surface area contributed by atoms with Crippen LogP contribution in [0.5, 0.6) is 0 Å². The molecular weight excluding hydrogens is 734 g/mol. The van der Waals surface area contributed by atoms with Crippen LogP contribution in [0.25, 0.3) is 0 Å². The zero-order valence-corrected chi connectivity index (χ0v) is 33.4. The van der Waals surface area contributed by atoms with Gasteiger partial charge < -0.3 is 40.3 Å². The van der Waals surface area contributed by atoms with Gasteiger partial charge in [0.1, 0.15) is 42.1 Å². The third-order valence-electron chi connectivity index (χ3n) is 10.9. The first-order valence-electron chi connectivity index (χ1n) is 19.4. The van der Waals surface area contributed by atoms with Crippen molar-refractivity contribution in [2.45, 2.75) is 102 Å². The Kier molecular flexibility index (Phi) is 13.7. The number of hydrogen-bond donors (Lipinski definition) is 3. The highest BCUT2D eigenvalue weighted by molar-refractivity contribution is 5.99. The number of cyclic esters (lactones) is 1. The lowest BCUT2D eigenvalue weighted by Crippen LogP contribution is -2.61. The fraction of sp³-hybridized carbons (Fsp3) is 0.512. The van der Waals surface area contributed by atoms with E-state index in [0.29, 0.717) is 18.4 Å². The molecule has 3 fully saturated rings. The van der Waals surface area contributed by atoms with Crippen molar-refractivity contribution in [1.82, 2.24) is 30.7 Å². The van der Waals surface area contributed by atoms with Crippen molar-refractivity contribution in [2.75, 3.05) is 39.1 Å². The van der Waals surface area contributed by atoms with Crippen LogP contribution in [0.2, 0.25) is 0 Å². The molecule has 5 rings (SSSR count). The number of benzene rings is 2. The smallest absolute Gasteiger partial charge is 0.333 e. The third-order valence-corrected chi connectivity index (χ3v) is 10.9. The second-order valence-electron chi connectivity index (χ2n) is 15.1. The maximum Gasteiger partial charge on any atom is 0.333 e. The Morgan fingerprint density at radius 1 is 0.860 bits per heavy atom. The molecule has 2 aromatic rings. The van der Waals surface area contributed by atoms with Crippen LogP contribution < -0.4 is 20.9 Å². The number of carbonyl (C=O) groups excluding carboxylic acids is 8. The fourth-order valence-corrected chi connectivity index (χ4v) is 7.63. The van der Waals surface area contributed by atoms with Crippen LogP contribution in [0.4, 0.5) is 5.69 Å². The standard InChI is InChI=1S/C41H53N7O9/c1-7-30-38(53)47-20-11-14-31(47)39(54)46(6)33(22-26-15-17-28(18-16-26)45(4)5)40(55)48-21-19-29(50)23-32(48)36(51)44-35(27-12-9-8-10-13-27)41(56)57-24(2)34(37(52)43-30)42-25(3)49/h8-10,12-13,15-18,24,30-35H,7,11,14,19-23H2,1-6H3,(H,42,49)(H,43,52)(H,44,51)/t24-,30-,31+,32+,33+,34+,35+/m1/s1. The number of esters is 1. The van der Waals surface area contributed by atoms with Gasteiger partial charge in [-0.2, -0.15) is 0 Å². The van der Waals surface area contributed by atoms with Crippen molar-refractivity contribution >= 4 is 52.9 Å². The number of likely N-dealkylation sites (N-methyl/N-ethyl adjacent to an activating group) is 1. The fourth-order valence-electron chi connectivity index (χ4n) is 7.63. The van der Waals surface area contributed by atoms with Gasteiger partial charge in [0, 0.05) is 66.1 Å². The molecule has 3 heterocycles. The van der Waals surface area contributed by atoms with Gasteiger partial charge in [-0.25, -0.2) is 4.79 Å². The second-order valence-corrected chi connectivity index (χ2v) is 15.1. The van der Waals surface area contributed by atoms with E-state index in [-0.39, 0.29) is 44.6 Å². The lowest BCUT2D eigenvalue weighted by Gasteiger charge is -2.40. The Hall–Kier alpha value is -5.80. The molecule has 0 radical (unpaired) electrons. The number of amides is 6. The van der Waals surface area contributed by atoms with Crippen molar-refractivity contribution < 1.29 is 43.1 Å². The van der Waals surface area contributed by atoms with Gasteiger partial charge in [0.05, 0.1) is 0 Å². The summed E-state index contributed by atoms with van der Waals surface area (Å²) in [6.45, 7) is 4.39. The molecule has 57 heavy (non-hydrogen) atoms. The molecule has 3 N–H and O–H groups in total. The first-order valence-corrected chi connectivity index (χ1v) is 19.4. The van der Waals surface area contributed by atoms with E-state index in [4.69, 9.17) is 4.74 Å². The number of piperidine rings is 1. The van der Waals surface area contributed by atoms with Crippen LogP contribution in [0, 0.1) is 0 Å². The summed E-state index contributed by atoms with van der Waals surface area (Å²) in [5, 5.41) is 7.89. The number of nitrogens with zero attached hydrogens (tertiary/aromatic N) is 4. The van der Waals surface area contributed by atoms with E-state index >= 15 is 0 Å². The van der Waals surface area contributed by atoms with E-state index in [1.807, 2.05) is 43.3 Å². The van der Waals surface area contributed by atoms with E-state index in [1.165, 1.54) is 35.6 Å². The quantitative estimate of drug-likeness (QED) is 0.354. The number of Topliss-reactive ketones (excluding diaryl/α,β-unsaturated/α-hetero) is 1. The predicted octanol–water partition coefficient (Wildman–Crippen LogP) is 0.876. The Morgan fingerprint density at radius 3 is 2.16 bits per heavy atom. The molecular formula is C41H53N7O9. The summed E-state index contributed by atoms with van der Waals surface area (Å²) in [6, 6.07) is 8.21. The number of fused-ring (bicyclic) bond motifs is 2. The van der Waals surface area contributed by atoms with E-state index in [9.17, 15) is 38.4 Å². The molecule has 2 aromatic carbocycles. The molecule has 306 valence electrons. The molecule has 7 atom stereocenters. The third kappa shape index (κ3) is 9.78. The van der Waals surface area contributed by atoms with Gasteiger partial charge in [-0.3, -0.25) is 33.6 Å². The van der Waals surface area contributed by atoms with Crippen LogP contribution in [0.15, 0.2) is 54.6 Å². The highest BCUT2D eigenvalue weighted by atomic mass is 16.5. The van der Waals surface area contributed by atoms with Crippen LogP contribution in [-0.2, 0) is 49.5 Å². The molecule has 0 aliphatic carbocycles. The van der Waals surface area contributed by atoms with Crippen molar-refractivity contribution in [1.29, 1.82) is 0 Å². The van der Waals surface area contributed by atoms with E-state index in [0.717, 1.165) is 11.3 Å². The van der Waals surface area contributed by atoms with Crippen LogP contribution in [-0.4, -0.2) is 132 Å². The lowest BCUT2D eigenvalue weighted by atomic mass is 9.95. The first kappa shape index (κ1) is 42.3. The molecule has 6 amide bonds. The summed E-state index contributed by atoms with van der Waals surface area (Å²) in [4.78, 5) is 117. The molecule has 0 saturated carbocycles. The maximum atomic E-state index is 14.9. The van der Waals surface area contributed by atoms with Gasteiger partial charge in [0.2, 0.25) is 35.4 Å². The SMILES string of the molecule is CC[C@H]1NC(=O)[C@@H](NC(C)=O)[C@@H](C)OC(=O)[C@H](c2ccccc2)NC(=O)[C@@H]2CC(=O)CCN2C(=O)[C@H](Cc2ccc(N(C)C)cc2)N(C)C(=O)[C@@H]2CCCN2C1=O. The van der Waals surface area contributed by atoms with Crippen LogP contribution >= 0.6 is 0 Å². The molecule has 0 aromatic heterocycles. The average Bonchev–Trinajstić information content (AvgIpc) is 3.69. The van der Waals surface area contributed by atoms with E-state index in [1.54, 1.807) is 37.3 Å². The number of ketones is 1. The Labute approximate surface area is 332 Å². The summed E-state index contributed by atoms with van der Waals surface area (Å²) in [5.74, 6) is -5.04. The van der Waals surface area contributed by atoms with Crippen molar-refractivity contribution in [3.8, 4) is 0 Å². The number of rotatable bonds is 6. The zero-order valence-electron chi connectivity index (χ0n) is 33.4. The highest BCUT2D eigenvalue weighted by Gasteiger charge is 2.45. The van der Waals surface area contributed by atoms with Crippen molar-refractivity contribution in [3.63, 3.8) is 0 Å². The maximum absolute atomic E-state index is 14.9. The van der Waals surface area contributed by atoms with Crippen molar-refractivity contribution in [2.24, 2.45) is 0 Å². The molecule has 3 aliphatic rings. The summed E-state index contributed by atoms with van der Waals surface area (Å²) < 4.78 is 5.77. The monoisotopic (exact) mass is 787 g/mol. The molecule has 16 heteroatoms. The van der Waals surface area contributed by atoms with E-state index < -0.39 is 83.8 Å². The van der Waals surface area contributed by atoms with Crippen molar-refractivity contribution in [3.05, 3.63) is 65.7 Å². The number of ether oxygens (including phenoxy) is 1. The van der Waals surface area contributed by atoms with Gasteiger partial charge in [-0.1, -0.05) is 49.4 Å². The second kappa shape index (κ2) is 18.4. The molecule has 3 aliphatic heterocycles. The molecule has 3 saturated heterocycles. The number of hydrogen-bond acceptors (Lipinski definition) is 10. The summed E-state index contributed by atoms with van der Waals surface area (Å²) in [5.41, 5.74) is 1.97. The first-order chi connectivity index (χ1) is 27.1. The topological polar surface area (TPSA) is 195 Å². The summed E-state index contributed by atoms with van der Waals surface area (Å²) in [6.07, 6.45) is -0.650. The lowest BCUT2D eigenvalue weighted by molar-refractivity contribution is -0.157. The van der Waals surface area contributed by atoms with Gasteiger partial charge in [0.25, 0.3) is 0 Å². The predicted molar refractivity (Wildman–Crippen MR) is 208 cm³/mol. The Morgan fingerprint density at radius 2 is 1.53 bits per heavy atom. The normalized spacial score (nSPS) is 26.9. The van der Waals surface area contributed by atoms with Gasteiger partial charge in [-0.15, -0.1) is 0 Å². The summed E-state index contributed by atoms with van der Waals surface area (Å²) >= 11 is 0. The number of carbonyl (C=O) groups is 8. The Bertz CT molecular complexity index is 1850. The van der Waals surface area contributed by atoms with E-state index in [2.05, 4.69) is 16.0 Å². The van der Waals surface area contributed by atoms with Crippen LogP contribution in [0.3, 0.4) is 0 Å². The largest absolute Gasteiger partial charge is 0.458 e. The molecule has 0 bridgehead atoms. The Balaban J connectivity index is 1.61. The molecule has 16 nitrogen and oxygen atoms in total. The molecule has 0 unspecified atom stereocenters. The minimum absolute atomic E-state index is 0.0199. The zero-order chi connectivity index (χ0) is 41.6. The minimum atomic E-state index is -1.45. The van der Waals surface area contributed by atoms with Crippen LogP contribution in [0.1, 0.15) is 70.0 Å². The molecule has 0 spiro atoms. The van der Waals surface area contributed by atoms with Gasteiger partial charge in [0.15, 0.2) is 6.04 Å². The summed E-state index contributed by atoms with van der Waals surface area (Å²) in [7, 11) is 5.29. The number of nitrogens with one attached hydrogen (secondary N) is 3. The average molecular weight is 788 g/mol. The highest BCUT2D eigenvalue weighted by Crippen LogP contribution is 2.26. The van der Waals surface area contributed by atoms with Gasteiger partial charge >= 0.3 is 5.97 Å². The van der Waals surface area contributed by atoms with Gasteiger partial charge in [-0.05, 0) is 49.4 Å². The number of anilines is 1. The minimum Gasteiger partial charge on any atom is -0.458 e.